The summed E-state index contributed by atoms with van der Waals surface area (Å²) >= 11 is 6.26. The molecule has 0 N–H and O–H groups in total. The van der Waals surface area contributed by atoms with Crippen molar-refractivity contribution in [3.63, 3.8) is 0 Å². The zero-order valence-electron chi connectivity index (χ0n) is 13.5. The third kappa shape index (κ3) is 3.08. The van der Waals surface area contributed by atoms with Gasteiger partial charge in [0.2, 0.25) is 0 Å². The molecule has 4 rings (SSSR count). The minimum Gasteiger partial charge on any atom is -0.289 e. The Kier molecular flexibility index (Phi) is 4.00. The first-order chi connectivity index (χ1) is 11.2. The molecule has 1 nitrogen and oxygen atoms in total. The van der Waals surface area contributed by atoms with Crippen LogP contribution in [0.2, 0.25) is 5.02 Å². The predicted octanol–water partition coefficient (Wildman–Crippen LogP) is 5.47. The summed E-state index contributed by atoms with van der Waals surface area (Å²) in [7, 11) is 0. The highest BCUT2D eigenvalue weighted by molar-refractivity contribution is 6.30. The van der Waals surface area contributed by atoms with Crippen molar-refractivity contribution in [3.8, 4) is 0 Å². The first kappa shape index (κ1) is 15.0. The van der Waals surface area contributed by atoms with E-state index in [1.807, 2.05) is 6.07 Å². The van der Waals surface area contributed by atoms with Crippen molar-refractivity contribution in [1.82, 2.24) is 4.90 Å². The molecule has 0 saturated carbocycles. The largest absolute Gasteiger partial charge is 0.289 e. The lowest BCUT2D eigenvalue weighted by Gasteiger charge is -2.34. The molecule has 118 valence electrons. The fraction of sp³-hybridized carbons (Fsp3) is 0.333. The van der Waals surface area contributed by atoms with Crippen molar-refractivity contribution in [2.45, 2.75) is 44.8 Å². The van der Waals surface area contributed by atoms with E-state index in [0.717, 1.165) is 18.0 Å². The summed E-state index contributed by atoms with van der Waals surface area (Å²) in [6.45, 7) is 3.18. The second kappa shape index (κ2) is 6.14. The van der Waals surface area contributed by atoms with E-state index >= 15 is 0 Å². The Balaban J connectivity index is 1.59. The van der Waals surface area contributed by atoms with Crippen molar-refractivity contribution >= 4 is 17.2 Å². The Hall–Kier alpha value is -1.57. The molecule has 0 amide bonds. The second-order valence-corrected chi connectivity index (χ2v) is 7.31. The quantitative estimate of drug-likeness (QED) is 0.724. The number of fused-ring (bicyclic) bond motifs is 2. The summed E-state index contributed by atoms with van der Waals surface area (Å²) in [6.07, 6.45) is 6.21. The molecular weight excluding hydrogens is 302 g/mol. The minimum absolute atomic E-state index is 0.572. The number of hydrogen-bond donors (Lipinski definition) is 0. The van der Waals surface area contributed by atoms with Crippen LogP contribution in [0, 0.1) is 6.92 Å². The van der Waals surface area contributed by atoms with Crippen molar-refractivity contribution in [2.24, 2.45) is 0 Å². The van der Waals surface area contributed by atoms with Crippen LogP contribution in [0.1, 0.15) is 36.0 Å². The van der Waals surface area contributed by atoms with Gasteiger partial charge in [-0.3, -0.25) is 4.90 Å². The summed E-state index contributed by atoms with van der Waals surface area (Å²) in [6, 6.07) is 18.5. The summed E-state index contributed by atoms with van der Waals surface area (Å²) in [4.78, 5) is 2.68. The van der Waals surface area contributed by atoms with Gasteiger partial charge in [0.05, 0.1) is 0 Å². The number of nitrogens with zero attached hydrogens (tertiary/aromatic N) is 1. The Bertz CT molecular complexity index is 715. The Morgan fingerprint density at radius 2 is 1.91 bits per heavy atom. The summed E-state index contributed by atoms with van der Waals surface area (Å²) in [5.74, 6) is 0. The Morgan fingerprint density at radius 3 is 2.65 bits per heavy atom. The van der Waals surface area contributed by atoms with Gasteiger partial charge in [-0.2, -0.15) is 0 Å². The van der Waals surface area contributed by atoms with E-state index in [-0.39, 0.29) is 0 Å². The van der Waals surface area contributed by atoms with Gasteiger partial charge in [-0.15, -0.1) is 0 Å². The molecule has 23 heavy (non-hydrogen) atoms. The maximum atomic E-state index is 6.26. The van der Waals surface area contributed by atoms with E-state index in [2.05, 4.69) is 60.4 Å². The van der Waals surface area contributed by atoms with Gasteiger partial charge in [-0.25, -0.2) is 0 Å². The standard InChI is InChI=1S/C21H22ClN/c1-15-9-17(11-19(22)10-15)18-12-20-7-8-21(13-18)23(20)14-16-5-3-2-4-6-16/h2-6,9-12,20-21H,7-8,13-14H2,1H3. The van der Waals surface area contributed by atoms with Gasteiger partial charge in [0.1, 0.15) is 0 Å². The number of rotatable bonds is 3. The molecule has 1 saturated heterocycles. The van der Waals surface area contributed by atoms with Gasteiger partial charge in [-0.05, 0) is 60.6 Å². The lowest BCUT2D eigenvalue weighted by atomic mass is 9.93. The number of benzene rings is 2. The summed E-state index contributed by atoms with van der Waals surface area (Å²) in [5, 5.41) is 0.847. The predicted molar refractivity (Wildman–Crippen MR) is 97.6 cm³/mol. The van der Waals surface area contributed by atoms with Crippen LogP contribution in [-0.4, -0.2) is 17.0 Å². The molecule has 2 heterocycles. The van der Waals surface area contributed by atoms with Crippen LogP contribution in [0.15, 0.2) is 54.6 Å². The van der Waals surface area contributed by atoms with Crippen molar-refractivity contribution in [1.29, 1.82) is 0 Å². The molecular formula is C21H22ClN. The van der Waals surface area contributed by atoms with E-state index in [9.17, 15) is 0 Å². The fourth-order valence-corrected chi connectivity index (χ4v) is 4.38. The lowest BCUT2D eigenvalue weighted by Crippen LogP contribution is -2.37. The normalized spacial score (nSPS) is 23.8. The van der Waals surface area contributed by atoms with Gasteiger partial charge in [0.25, 0.3) is 0 Å². The third-order valence-corrected chi connectivity index (χ3v) is 5.38. The number of halogens is 1. The van der Waals surface area contributed by atoms with Gasteiger partial charge in [-0.1, -0.05) is 54.1 Å². The van der Waals surface area contributed by atoms with Crippen LogP contribution in [0.5, 0.6) is 0 Å². The molecule has 0 aliphatic carbocycles. The molecule has 2 heteroatoms. The highest BCUT2D eigenvalue weighted by atomic mass is 35.5. The summed E-state index contributed by atoms with van der Waals surface area (Å²) < 4.78 is 0. The molecule has 2 bridgehead atoms. The lowest BCUT2D eigenvalue weighted by molar-refractivity contribution is 0.203. The minimum atomic E-state index is 0.572. The maximum Gasteiger partial charge on any atom is 0.0414 e. The van der Waals surface area contributed by atoms with E-state index in [0.29, 0.717) is 12.1 Å². The van der Waals surface area contributed by atoms with Crippen LogP contribution >= 0.6 is 11.6 Å². The molecule has 2 aromatic carbocycles. The van der Waals surface area contributed by atoms with Gasteiger partial charge in [0, 0.05) is 23.7 Å². The molecule has 2 aliphatic heterocycles. The van der Waals surface area contributed by atoms with Crippen molar-refractivity contribution in [2.75, 3.05) is 0 Å². The average molecular weight is 324 g/mol. The maximum absolute atomic E-state index is 6.26. The SMILES string of the molecule is Cc1cc(Cl)cc(C2=CC3CCC(C2)N3Cc2ccccc2)c1. The van der Waals surface area contributed by atoms with Gasteiger partial charge < -0.3 is 0 Å². The van der Waals surface area contributed by atoms with Crippen molar-refractivity contribution < 1.29 is 0 Å². The van der Waals surface area contributed by atoms with Crippen LogP contribution in [0.25, 0.3) is 5.57 Å². The molecule has 0 aromatic heterocycles. The van der Waals surface area contributed by atoms with Gasteiger partial charge in [0.15, 0.2) is 0 Å². The smallest absolute Gasteiger partial charge is 0.0414 e. The molecule has 1 fully saturated rings. The number of hydrogen-bond acceptors (Lipinski definition) is 1. The van der Waals surface area contributed by atoms with E-state index in [1.54, 1.807) is 0 Å². The zero-order chi connectivity index (χ0) is 15.8. The Labute approximate surface area is 143 Å². The molecule has 2 aromatic rings. The van der Waals surface area contributed by atoms with E-state index in [1.165, 1.54) is 35.1 Å². The highest BCUT2D eigenvalue weighted by Crippen LogP contribution is 2.39. The summed E-state index contributed by atoms with van der Waals surface area (Å²) in [5.41, 5.74) is 5.45. The van der Waals surface area contributed by atoms with Gasteiger partial charge >= 0.3 is 0 Å². The average Bonchev–Trinajstić information content (AvgIpc) is 2.77. The van der Waals surface area contributed by atoms with E-state index < -0.39 is 0 Å². The Morgan fingerprint density at radius 1 is 1.09 bits per heavy atom. The van der Waals surface area contributed by atoms with E-state index in [4.69, 9.17) is 11.6 Å². The van der Waals surface area contributed by atoms with Crippen molar-refractivity contribution in [3.05, 3.63) is 76.3 Å². The van der Waals surface area contributed by atoms with Crippen LogP contribution in [-0.2, 0) is 6.54 Å². The highest BCUT2D eigenvalue weighted by Gasteiger charge is 2.36. The molecule has 2 atom stereocenters. The fourth-order valence-electron chi connectivity index (χ4n) is 4.09. The molecule has 0 spiro atoms. The van der Waals surface area contributed by atoms with Crippen LogP contribution in [0.3, 0.4) is 0 Å². The molecule has 2 unspecified atom stereocenters. The number of aryl methyl sites for hydroxylation is 1. The van der Waals surface area contributed by atoms with Crippen LogP contribution in [0.4, 0.5) is 0 Å². The zero-order valence-corrected chi connectivity index (χ0v) is 14.3. The topological polar surface area (TPSA) is 3.24 Å². The third-order valence-electron chi connectivity index (χ3n) is 5.16. The first-order valence-corrected chi connectivity index (χ1v) is 8.85. The monoisotopic (exact) mass is 323 g/mol. The van der Waals surface area contributed by atoms with Crippen LogP contribution < -0.4 is 0 Å². The molecule has 0 radical (unpaired) electrons. The molecule has 2 aliphatic rings. The first-order valence-electron chi connectivity index (χ1n) is 8.47. The second-order valence-electron chi connectivity index (χ2n) is 6.87.